The summed E-state index contributed by atoms with van der Waals surface area (Å²) in [7, 11) is 0. The Morgan fingerprint density at radius 1 is 0.857 bits per heavy atom. The number of hydrogen-bond acceptors (Lipinski definition) is 4. The minimum absolute atomic E-state index is 0.00203. The van der Waals surface area contributed by atoms with Gasteiger partial charge >= 0.3 is 0 Å². The summed E-state index contributed by atoms with van der Waals surface area (Å²) in [5.41, 5.74) is 0.583. The van der Waals surface area contributed by atoms with Crippen LogP contribution < -0.4 is 0 Å². The highest BCUT2D eigenvalue weighted by Crippen LogP contribution is 2.56. The van der Waals surface area contributed by atoms with Gasteiger partial charge in [-0.25, -0.2) is 0 Å². The third kappa shape index (κ3) is 2.03. The van der Waals surface area contributed by atoms with Gasteiger partial charge in [-0.15, -0.1) is 0 Å². The first-order valence-electron chi connectivity index (χ1n) is 8.59. The van der Waals surface area contributed by atoms with Crippen molar-refractivity contribution in [2.24, 2.45) is 11.3 Å². The lowest BCUT2D eigenvalue weighted by atomic mass is 9.71. The van der Waals surface area contributed by atoms with Crippen LogP contribution in [-0.2, 0) is 18.9 Å². The Morgan fingerprint density at radius 2 is 1.57 bits per heavy atom. The molecule has 5 unspecified atom stereocenters. The van der Waals surface area contributed by atoms with Crippen LogP contribution in [-0.4, -0.2) is 42.9 Å². The van der Waals surface area contributed by atoms with Gasteiger partial charge in [0.2, 0.25) is 0 Å². The normalized spacial score (nSPS) is 62.0. The predicted octanol–water partition coefficient (Wildman–Crippen LogP) is 2.64. The molecule has 0 aromatic rings. The molecule has 0 N–H and O–H groups in total. The number of epoxide rings is 2. The lowest BCUT2D eigenvalue weighted by Gasteiger charge is -2.44. The van der Waals surface area contributed by atoms with Crippen molar-refractivity contribution in [2.45, 2.75) is 82.1 Å². The molecule has 1 spiro atoms. The van der Waals surface area contributed by atoms with E-state index in [2.05, 4.69) is 13.8 Å². The summed E-state index contributed by atoms with van der Waals surface area (Å²) in [5.74, 6) is 0.522. The van der Waals surface area contributed by atoms with E-state index < -0.39 is 0 Å². The third-order valence-electron chi connectivity index (χ3n) is 6.86. The van der Waals surface area contributed by atoms with Gasteiger partial charge in [0.25, 0.3) is 0 Å². The zero-order valence-electron chi connectivity index (χ0n) is 13.1. The summed E-state index contributed by atoms with van der Waals surface area (Å²) in [6.07, 6.45) is 7.80. The quantitative estimate of drug-likeness (QED) is 0.697. The van der Waals surface area contributed by atoms with E-state index in [9.17, 15) is 0 Å². The zero-order chi connectivity index (χ0) is 14.3. The van der Waals surface area contributed by atoms with Crippen LogP contribution in [0.25, 0.3) is 0 Å². The molecule has 2 saturated carbocycles. The molecule has 5 fully saturated rings. The van der Waals surface area contributed by atoms with Gasteiger partial charge in [0, 0.05) is 11.3 Å². The SMILES string of the molecule is CC12CCC(C3OCC4(CCC5(C)OC5C4)CO3)CC1O2. The molecule has 0 amide bonds. The molecule has 21 heavy (non-hydrogen) atoms. The summed E-state index contributed by atoms with van der Waals surface area (Å²) in [6.45, 7) is 6.19. The van der Waals surface area contributed by atoms with E-state index in [4.69, 9.17) is 18.9 Å². The Kier molecular flexibility index (Phi) is 2.55. The summed E-state index contributed by atoms with van der Waals surface area (Å²) in [6, 6.07) is 0. The molecule has 2 aliphatic carbocycles. The third-order valence-corrected chi connectivity index (χ3v) is 6.86. The molecule has 118 valence electrons. The van der Waals surface area contributed by atoms with Crippen molar-refractivity contribution in [3.05, 3.63) is 0 Å². The Morgan fingerprint density at radius 3 is 2.29 bits per heavy atom. The monoisotopic (exact) mass is 294 g/mol. The molecule has 0 bridgehead atoms. The first-order valence-corrected chi connectivity index (χ1v) is 8.59. The average Bonchev–Trinajstić information content (AvgIpc) is 3.33. The van der Waals surface area contributed by atoms with Crippen molar-refractivity contribution in [2.75, 3.05) is 13.2 Å². The fourth-order valence-corrected chi connectivity index (χ4v) is 4.84. The second-order valence-electron chi connectivity index (χ2n) is 8.57. The Hall–Kier alpha value is -0.160. The topological polar surface area (TPSA) is 43.5 Å². The van der Waals surface area contributed by atoms with Gasteiger partial charge in [0.1, 0.15) is 0 Å². The van der Waals surface area contributed by atoms with Gasteiger partial charge in [-0.1, -0.05) is 0 Å². The molecular weight excluding hydrogens is 268 g/mol. The zero-order valence-corrected chi connectivity index (χ0v) is 13.1. The van der Waals surface area contributed by atoms with Gasteiger partial charge < -0.3 is 18.9 Å². The Balaban J connectivity index is 1.19. The van der Waals surface area contributed by atoms with Crippen molar-refractivity contribution in [1.29, 1.82) is 0 Å². The number of ether oxygens (including phenoxy) is 4. The first-order chi connectivity index (χ1) is 10.0. The molecule has 5 rings (SSSR count). The van der Waals surface area contributed by atoms with Crippen LogP contribution in [0.4, 0.5) is 0 Å². The molecule has 4 heteroatoms. The maximum Gasteiger partial charge on any atom is 0.160 e. The summed E-state index contributed by atoms with van der Waals surface area (Å²) in [4.78, 5) is 0. The number of rotatable bonds is 1. The van der Waals surface area contributed by atoms with E-state index in [1.807, 2.05) is 0 Å². The molecule has 0 aromatic carbocycles. The standard InChI is InChI=1S/C17H26O4/c1-15-4-3-11(7-12(15)20-15)14-18-9-17(10-19-14)6-5-16(2)13(8-17)21-16/h11-14H,3-10H2,1-2H3. The van der Waals surface area contributed by atoms with Gasteiger partial charge in [0.15, 0.2) is 6.29 Å². The number of fused-ring (bicyclic) bond motifs is 2. The van der Waals surface area contributed by atoms with E-state index in [0.29, 0.717) is 18.1 Å². The second-order valence-corrected chi connectivity index (χ2v) is 8.57. The van der Waals surface area contributed by atoms with Gasteiger partial charge in [-0.3, -0.25) is 0 Å². The van der Waals surface area contributed by atoms with E-state index in [0.717, 1.165) is 38.9 Å². The fourth-order valence-electron chi connectivity index (χ4n) is 4.84. The maximum absolute atomic E-state index is 6.18. The van der Waals surface area contributed by atoms with E-state index in [1.54, 1.807) is 0 Å². The summed E-state index contributed by atoms with van der Waals surface area (Å²) >= 11 is 0. The summed E-state index contributed by atoms with van der Waals surface area (Å²) in [5, 5.41) is 0. The van der Waals surface area contributed by atoms with Crippen molar-refractivity contribution in [3.8, 4) is 0 Å². The van der Waals surface area contributed by atoms with Gasteiger partial charge in [0.05, 0.1) is 36.6 Å². The smallest absolute Gasteiger partial charge is 0.160 e. The molecule has 4 nitrogen and oxygen atoms in total. The van der Waals surface area contributed by atoms with E-state index in [1.165, 1.54) is 12.8 Å². The molecule has 3 saturated heterocycles. The molecule has 5 atom stereocenters. The van der Waals surface area contributed by atoms with Crippen molar-refractivity contribution in [1.82, 2.24) is 0 Å². The predicted molar refractivity (Wildman–Crippen MR) is 75.9 cm³/mol. The molecule has 3 aliphatic heterocycles. The molecule has 5 aliphatic rings. The fraction of sp³-hybridized carbons (Fsp3) is 1.00. The van der Waals surface area contributed by atoms with Crippen LogP contribution in [0.3, 0.4) is 0 Å². The lowest BCUT2D eigenvalue weighted by Crippen LogP contribution is -2.48. The minimum Gasteiger partial charge on any atom is -0.366 e. The van der Waals surface area contributed by atoms with Crippen LogP contribution in [0.5, 0.6) is 0 Å². The first kappa shape index (κ1) is 13.3. The number of hydrogen-bond donors (Lipinski definition) is 0. The van der Waals surface area contributed by atoms with Crippen molar-refractivity contribution < 1.29 is 18.9 Å². The van der Waals surface area contributed by atoms with E-state index in [-0.39, 0.29) is 22.9 Å². The highest BCUT2D eigenvalue weighted by atomic mass is 16.7. The van der Waals surface area contributed by atoms with E-state index >= 15 is 0 Å². The minimum atomic E-state index is -0.00203. The molecular formula is C17H26O4. The molecule has 3 heterocycles. The van der Waals surface area contributed by atoms with Crippen LogP contribution in [0.15, 0.2) is 0 Å². The summed E-state index contributed by atoms with van der Waals surface area (Å²) < 4.78 is 24.0. The average molecular weight is 294 g/mol. The van der Waals surface area contributed by atoms with Gasteiger partial charge in [-0.05, 0) is 52.4 Å². The van der Waals surface area contributed by atoms with Crippen LogP contribution >= 0.6 is 0 Å². The van der Waals surface area contributed by atoms with Crippen LogP contribution in [0.2, 0.25) is 0 Å². The Labute approximate surface area is 126 Å². The van der Waals surface area contributed by atoms with Crippen LogP contribution in [0, 0.1) is 11.3 Å². The van der Waals surface area contributed by atoms with Crippen LogP contribution in [0.1, 0.15) is 52.4 Å². The second kappa shape index (κ2) is 4.02. The highest BCUT2D eigenvalue weighted by Gasteiger charge is 2.61. The Bertz CT molecular complexity index is 458. The van der Waals surface area contributed by atoms with Crippen molar-refractivity contribution >= 4 is 0 Å². The lowest BCUT2D eigenvalue weighted by molar-refractivity contribution is -0.257. The molecule has 0 aromatic heterocycles. The molecule has 0 radical (unpaired) electrons. The van der Waals surface area contributed by atoms with Gasteiger partial charge in [-0.2, -0.15) is 0 Å². The van der Waals surface area contributed by atoms with Crippen molar-refractivity contribution in [3.63, 3.8) is 0 Å². The largest absolute Gasteiger partial charge is 0.366 e. The highest BCUT2D eigenvalue weighted by molar-refractivity contribution is 5.08. The maximum atomic E-state index is 6.18.